The second-order valence-corrected chi connectivity index (χ2v) is 6.99. The predicted molar refractivity (Wildman–Crippen MR) is 107 cm³/mol. The average Bonchev–Trinajstić information content (AvgIpc) is 2.57. The molecule has 5 heteroatoms. The summed E-state index contributed by atoms with van der Waals surface area (Å²) in [5.41, 5.74) is 2.12. The molecule has 0 atom stereocenters. The molecule has 1 N–H and O–H groups in total. The maximum absolute atomic E-state index is 12.0. The fraction of sp³-hybridized carbons (Fsp3) is 0.316. The van der Waals surface area contributed by atoms with E-state index in [-0.39, 0.29) is 5.91 Å². The minimum absolute atomic E-state index is 0.0168. The lowest BCUT2D eigenvalue weighted by Gasteiger charge is -2.16. The van der Waals surface area contributed by atoms with Crippen LogP contribution < -0.4 is 10.1 Å². The van der Waals surface area contributed by atoms with Gasteiger partial charge in [0.1, 0.15) is 5.75 Å². The molecule has 2 rings (SSSR count). The molecule has 0 bridgehead atoms. The first-order valence-corrected chi connectivity index (χ1v) is 9.01. The van der Waals surface area contributed by atoms with Crippen LogP contribution in [0.25, 0.3) is 0 Å². The number of hydrogen-bond acceptors (Lipinski definition) is 3. The Morgan fingerprint density at radius 1 is 1.12 bits per heavy atom. The van der Waals surface area contributed by atoms with Gasteiger partial charge in [-0.25, -0.2) is 0 Å². The number of halogens is 1. The molecule has 0 radical (unpaired) electrons. The van der Waals surface area contributed by atoms with Gasteiger partial charge in [0.25, 0.3) is 0 Å². The lowest BCUT2D eigenvalue weighted by atomic mass is 10.1. The summed E-state index contributed by atoms with van der Waals surface area (Å²) in [6.45, 7) is 1.28. The van der Waals surface area contributed by atoms with E-state index in [4.69, 9.17) is 4.74 Å². The minimum atomic E-state index is 0.0168. The number of ether oxygens (including phenoxy) is 1. The van der Waals surface area contributed by atoms with Crippen LogP contribution in [0.2, 0.25) is 0 Å². The van der Waals surface area contributed by atoms with Gasteiger partial charge in [0, 0.05) is 9.26 Å². The first-order chi connectivity index (χ1) is 11.6. The molecular formula is C19H23IN2O2. The van der Waals surface area contributed by atoms with Crippen LogP contribution in [0.1, 0.15) is 12.0 Å². The Bertz CT molecular complexity index is 641. The van der Waals surface area contributed by atoms with Crippen molar-refractivity contribution in [3.8, 4) is 5.75 Å². The van der Waals surface area contributed by atoms with Gasteiger partial charge in [-0.2, -0.15) is 0 Å². The van der Waals surface area contributed by atoms with Gasteiger partial charge in [-0.1, -0.05) is 12.1 Å². The van der Waals surface area contributed by atoms with Gasteiger partial charge in [0.15, 0.2) is 0 Å². The maximum Gasteiger partial charge on any atom is 0.238 e. The number of nitrogens with one attached hydrogen (secondary N) is 1. The summed E-state index contributed by atoms with van der Waals surface area (Å²) in [7, 11) is 3.65. The molecule has 0 unspecified atom stereocenters. The monoisotopic (exact) mass is 438 g/mol. The van der Waals surface area contributed by atoms with Gasteiger partial charge in [-0.15, -0.1) is 0 Å². The number of anilines is 1. The van der Waals surface area contributed by atoms with Crippen molar-refractivity contribution in [1.82, 2.24) is 4.90 Å². The number of rotatable bonds is 8. The molecule has 0 aliphatic carbocycles. The predicted octanol–water partition coefficient (Wildman–Crippen LogP) is 3.80. The SMILES string of the molecule is COc1ccc(CCCN(C)CC(=O)Nc2ccc(I)cc2)cc1. The Hall–Kier alpha value is -1.60. The molecule has 0 saturated heterocycles. The van der Waals surface area contributed by atoms with Crippen LogP contribution in [0, 0.1) is 3.57 Å². The van der Waals surface area contributed by atoms with E-state index in [1.54, 1.807) is 7.11 Å². The van der Waals surface area contributed by atoms with E-state index < -0.39 is 0 Å². The van der Waals surface area contributed by atoms with Gasteiger partial charge in [-0.05, 0) is 91.0 Å². The molecule has 1 amide bonds. The summed E-state index contributed by atoms with van der Waals surface area (Å²) in [6, 6.07) is 15.9. The summed E-state index contributed by atoms with van der Waals surface area (Å²) in [5.74, 6) is 0.895. The topological polar surface area (TPSA) is 41.6 Å². The number of hydrogen-bond donors (Lipinski definition) is 1. The van der Waals surface area contributed by atoms with Crippen LogP contribution in [0.3, 0.4) is 0 Å². The number of amides is 1. The first-order valence-electron chi connectivity index (χ1n) is 7.93. The number of likely N-dealkylation sites (N-methyl/N-ethyl adjacent to an activating group) is 1. The molecule has 128 valence electrons. The van der Waals surface area contributed by atoms with Crippen molar-refractivity contribution < 1.29 is 9.53 Å². The third-order valence-electron chi connectivity index (χ3n) is 3.71. The smallest absolute Gasteiger partial charge is 0.238 e. The van der Waals surface area contributed by atoms with Crippen molar-refractivity contribution in [3.63, 3.8) is 0 Å². The van der Waals surface area contributed by atoms with Crippen molar-refractivity contribution in [3.05, 3.63) is 57.7 Å². The molecule has 0 heterocycles. The quantitative estimate of drug-likeness (QED) is 0.638. The van der Waals surface area contributed by atoms with Gasteiger partial charge in [0.2, 0.25) is 5.91 Å². The van der Waals surface area contributed by atoms with E-state index in [1.807, 2.05) is 48.3 Å². The summed E-state index contributed by atoms with van der Waals surface area (Å²) >= 11 is 2.25. The standard InChI is InChI=1S/C19H23IN2O2/c1-22(13-3-4-15-5-11-18(24-2)12-6-15)14-19(23)21-17-9-7-16(20)8-10-17/h5-12H,3-4,13-14H2,1-2H3,(H,21,23). The van der Waals surface area contributed by atoms with Gasteiger partial charge < -0.3 is 10.1 Å². The van der Waals surface area contributed by atoms with E-state index in [0.29, 0.717) is 6.54 Å². The van der Waals surface area contributed by atoms with Crippen LogP contribution in [-0.2, 0) is 11.2 Å². The molecule has 4 nitrogen and oxygen atoms in total. The summed E-state index contributed by atoms with van der Waals surface area (Å²) in [5, 5.41) is 2.92. The summed E-state index contributed by atoms with van der Waals surface area (Å²) in [6.07, 6.45) is 2.01. The van der Waals surface area contributed by atoms with Gasteiger partial charge in [-0.3, -0.25) is 9.69 Å². The van der Waals surface area contributed by atoms with Crippen LogP contribution in [0.4, 0.5) is 5.69 Å². The molecule has 2 aromatic rings. The minimum Gasteiger partial charge on any atom is -0.497 e. The van der Waals surface area contributed by atoms with Crippen LogP contribution in [0.5, 0.6) is 5.75 Å². The number of carbonyl (C=O) groups excluding carboxylic acids is 1. The third-order valence-corrected chi connectivity index (χ3v) is 4.43. The molecule has 0 aliphatic rings. The van der Waals surface area contributed by atoms with Crippen LogP contribution in [-0.4, -0.2) is 38.1 Å². The van der Waals surface area contributed by atoms with E-state index in [1.165, 1.54) is 5.56 Å². The first kappa shape index (κ1) is 18.7. The second kappa shape index (κ2) is 9.64. The maximum atomic E-state index is 12.0. The average molecular weight is 438 g/mol. The Morgan fingerprint density at radius 2 is 1.79 bits per heavy atom. The van der Waals surface area contributed by atoms with E-state index in [2.05, 4.69) is 40.0 Å². The fourth-order valence-electron chi connectivity index (χ4n) is 2.40. The summed E-state index contributed by atoms with van der Waals surface area (Å²) in [4.78, 5) is 14.1. The highest BCUT2D eigenvalue weighted by Crippen LogP contribution is 2.13. The lowest BCUT2D eigenvalue weighted by Crippen LogP contribution is -2.31. The van der Waals surface area contributed by atoms with Gasteiger partial charge in [0.05, 0.1) is 13.7 Å². The summed E-state index contributed by atoms with van der Waals surface area (Å²) < 4.78 is 6.31. The molecule has 0 spiro atoms. The highest BCUT2D eigenvalue weighted by molar-refractivity contribution is 14.1. The fourth-order valence-corrected chi connectivity index (χ4v) is 2.76. The Balaban J connectivity index is 1.69. The zero-order valence-electron chi connectivity index (χ0n) is 14.1. The van der Waals surface area contributed by atoms with Crippen molar-refractivity contribution in [2.75, 3.05) is 32.6 Å². The highest BCUT2D eigenvalue weighted by atomic mass is 127. The Labute approximate surface area is 157 Å². The molecule has 0 saturated carbocycles. The van der Waals surface area contributed by atoms with Crippen LogP contribution >= 0.6 is 22.6 Å². The Morgan fingerprint density at radius 3 is 2.42 bits per heavy atom. The zero-order chi connectivity index (χ0) is 17.4. The molecule has 0 aliphatic heterocycles. The Kier molecular flexibility index (Phi) is 7.52. The van der Waals surface area contributed by atoms with Gasteiger partial charge >= 0.3 is 0 Å². The number of nitrogens with zero attached hydrogens (tertiary/aromatic N) is 1. The van der Waals surface area contributed by atoms with Crippen molar-refractivity contribution in [1.29, 1.82) is 0 Å². The molecule has 0 aromatic heterocycles. The van der Waals surface area contributed by atoms with E-state index >= 15 is 0 Å². The van der Waals surface area contributed by atoms with E-state index in [9.17, 15) is 4.79 Å². The lowest BCUT2D eigenvalue weighted by molar-refractivity contribution is -0.117. The number of benzene rings is 2. The largest absolute Gasteiger partial charge is 0.497 e. The zero-order valence-corrected chi connectivity index (χ0v) is 16.2. The van der Waals surface area contributed by atoms with Crippen molar-refractivity contribution >= 4 is 34.2 Å². The van der Waals surface area contributed by atoms with E-state index in [0.717, 1.165) is 34.4 Å². The third kappa shape index (κ3) is 6.49. The van der Waals surface area contributed by atoms with Crippen molar-refractivity contribution in [2.24, 2.45) is 0 Å². The molecule has 24 heavy (non-hydrogen) atoms. The number of carbonyl (C=O) groups is 1. The normalized spacial score (nSPS) is 10.7. The molecule has 2 aromatic carbocycles. The highest BCUT2D eigenvalue weighted by Gasteiger charge is 2.07. The second-order valence-electron chi connectivity index (χ2n) is 5.74. The van der Waals surface area contributed by atoms with Crippen LogP contribution in [0.15, 0.2) is 48.5 Å². The molecular weight excluding hydrogens is 415 g/mol. The van der Waals surface area contributed by atoms with Crippen molar-refractivity contribution in [2.45, 2.75) is 12.8 Å². The molecule has 0 fully saturated rings. The number of methoxy groups -OCH3 is 1. The number of aryl methyl sites for hydroxylation is 1.